The van der Waals surface area contributed by atoms with E-state index < -0.39 is 36.3 Å². The normalized spacial score (nSPS) is 12.7. The highest BCUT2D eigenvalue weighted by atomic mass is 19.4. The fourth-order valence-electron chi connectivity index (χ4n) is 5.92. The number of halogens is 3. The molecular formula is C43H54F3N9O6. The number of urea groups is 4. The third kappa shape index (κ3) is 21.1. The minimum absolute atomic E-state index is 0.0131. The van der Waals surface area contributed by atoms with Gasteiger partial charge in [0.05, 0.1) is 24.7 Å². The number of hydrogen-bond acceptors (Lipinski definition) is 6. The van der Waals surface area contributed by atoms with Crippen LogP contribution in [0.25, 0.3) is 0 Å². The zero-order valence-electron chi connectivity index (χ0n) is 33.8. The molecule has 4 aromatic carbocycles. The van der Waals surface area contributed by atoms with Crippen LogP contribution in [-0.2, 0) is 30.5 Å². The molecule has 0 bridgehead atoms. The zero-order chi connectivity index (χ0) is 44.5. The number of aliphatic carboxylic acids is 1. The van der Waals surface area contributed by atoms with Crippen molar-refractivity contribution in [1.29, 1.82) is 0 Å². The van der Waals surface area contributed by atoms with Crippen molar-refractivity contribution in [2.45, 2.75) is 56.0 Å². The van der Waals surface area contributed by atoms with Gasteiger partial charge in [0.1, 0.15) is 12.0 Å². The summed E-state index contributed by atoms with van der Waals surface area (Å²) in [4.78, 5) is 60.1. The molecule has 328 valence electrons. The van der Waals surface area contributed by atoms with Crippen LogP contribution in [0.1, 0.15) is 22.3 Å². The van der Waals surface area contributed by atoms with Crippen molar-refractivity contribution in [2.75, 3.05) is 33.2 Å². The Balaban J connectivity index is 0.00000130. The first-order chi connectivity index (χ1) is 29.2. The number of amides is 8. The van der Waals surface area contributed by atoms with Crippen LogP contribution in [0.2, 0.25) is 0 Å². The van der Waals surface area contributed by atoms with Gasteiger partial charge in [0.25, 0.3) is 0 Å². The van der Waals surface area contributed by atoms with Crippen LogP contribution in [0.4, 0.5) is 32.3 Å². The Morgan fingerprint density at radius 2 is 0.754 bits per heavy atom. The Kier molecular flexibility index (Phi) is 20.9. The van der Waals surface area contributed by atoms with Gasteiger partial charge in [-0.1, -0.05) is 121 Å². The number of carboxylic acid groups (broad SMARTS) is 1. The number of alkyl halides is 3. The summed E-state index contributed by atoms with van der Waals surface area (Å²) in [7, 11) is 1.53. The molecule has 15 nitrogen and oxygen atoms in total. The predicted molar refractivity (Wildman–Crippen MR) is 222 cm³/mol. The van der Waals surface area contributed by atoms with Crippen molar-refractivity contribution in [3.8, 4) is 0 Å². The van der Waals surface area contributed by atoms with E-state index in [2.05, 4.69) is 48.3 Å². The number of carbonyl (C=O) groups excluding carboxylic acids is 5. The predicted octanol–water partition coefficient (Wildman–Crippen LogP) is 1.80. The lowest BCUT2D eigenvalue weighted by atomic mass is 10.1. The topological polar surface area (TPSA) is 232 Å². The van der Waals surface area contributed by atoms with E-state index >= 15 is 0 Å². The van der Waals surface area contributed by atoms with Gasteiger partial charge < -0.3 is 58.2 Å². The molecule has 0 heterocycles. The van der Waals surface area contributed by atoms with Gasteiger partial charge in [0.15, 0.2) is 0 Å². The lowest BCUT2D eigenvalue weighted by molar-refractivity contribution is -0.416. The quantitative estimate of drug-likeness (QED) is 0.0683. The Labute approximate surface area is 352 Å². The monoisotopic (exact) mass is 849 g/mol. The van der Waals surface area contributed by atoms with Gasteiger partial charge in [-0.15, -0.1) is 0 Å². The summed E-state index contributed by atoms with van der Waals surface area (Å²) in [6.07, 6.45) is -2.99. The standard InChI is InChI=1S/C41H53N9O4.C2HF3O2/c1-43-38(51)45-27-35(23-31-16-8-3-9-17-31)49-40(53)47-29-37(25-33-20-12-5-13-21-33)50-41(54)46-28-36(24-32-18-10-4-11-19-32)48-39(52)44-26-34(42)22-30-14-6-2-7-15-30;3-2(4,5)1(6)7/h2-21,34-37H,22-29,42H2,1H3,(H2,43,45,51)(H2,44,48,52)(H2,46,50,54)(H2,47,49,53);(H,6,7)/t34-,35-,36-,37-;/m1./s1. The highest BCUT2D eigenvalue weighted by molar-refractivity contribution is 5.77. The van der Waals surface area contributed by atoms with E-state index in [-0.39, 0.29) is 43.8 Å². The van der Waals surface area contributed by atoms with Crippen molar-refractivity contribution in [3.05, 3.63) is 144 Å². The van der Waals surface area contributed by atoms with E-state index in [0.29, 0.717) is 25.8 Å². The third-order valence-corrected chi connectivity index (χ3v) is 8.88. The molecule has 0 aliphatic rings. The van der Waals surface area contributed by atoms with Crippen LogP contribution in [-0.4, -0.2) is 93.7 Å². The molecule has 0 fully saturated rings. The van der Waals surface area contributed by atoms with Gasteiger partial charge in [0, 0.05) is 33.1 Å². The Morgan fingerprint density at radius 3 is 1.03 bits per heavy atom. The van der Waals surface area contributed by atoms with E-state index in [1.54, 1.807) is 0 Å². The highest BCUT2D eigenvalue weighted by Crippen LogP contribution is 2.11. The first-order valence-corrected chi connectivity index (χ1v) is 19.6. The minimum atomic E-state index is -5.19. The average Bonchev–Trinajstić information content (AvgIpc) is 3.24. The van der Waals surface area contributed by atoms with Gasteiger partial charge in [-0.2, -0.15) is 13.2 Å². The molecule has 0 saturated carbocycles. The van der Waals surface area contributed by atoms with Crippen LogP contribution >= 0.6 is 0 Å². The fraction of sp³-hybridized carbons (Fsp3) is 0.326. The van der Waals surface area contributed by atoms with Gasteiger partial charge in [0.2, 0.25) is 0 Å². The lowest BCUT2D eigenvalue weighted by Gasteiger charge is -2.24. The summed E-state index contributed by atoms with van der Waals surface area (Å²) < 4.78 is 31.5. The molecule has 11 N–H and O–H groups in total. The Hall–Kier alpha value is -6.82. The molecule has 0 radical (unpaired) electrons. The van der Waals surface area contributed by atoms with Crippen LogP contribution < -0.4 is 53.4 Å². The highest BCUT2D eigenvalue weighted by Gasteiger charge is 2.29. The molecule has 4 atom stereocenters. The van der Waals surface area contributed by atoms with E-state index in [0.717, 1.165) is 28.7 Å². The first-order valence-electron chi connectivity index (χ1n) is 19.6. The summed E-state index contributed by atoms with van der Waals surface area (Å²) in [6, 6.07) is 36.3. The number of rotatable bonds is 19. The summed E-state index contributed by atoms with van der Waals surface area (Å²) in [5, 5.41) is 31.8. The second-order valence-corrected chi connectivity index (χ2v) is 14.0. The van der Waals surface area contributed by atoms with E-state index in [1.807, 2.05) is 121 Å². The third-order valence-electron chi connectivity index (χ3n) is 8.88. The van der Waals surface area contributed by atoms with E-state index in [1.165, 1.54) is 7.05 Å². The molecule has 18 heteroatoms. The Bertz CT molecular complexity index is 1910. The SMILES string of the molecule is CNC(=O)NC[C@@H](Cc1ccccc1)NC(=O)NC[C@@H](Cc1ccccc1)NC(=O)NC[C@@H](Cc1ccccc1)NC(=O)NC[C@H]([NH3+])Cc1ccccc1.O=C([O-])C(F)(F)F. The van der Waals surface area contributed by atoms with Crippen molar-refractivity contribution >= 4 is 30.1 Å². The maximum Gasteiger partial charge on any atom is 0.430 e. The van der Waals surface area contributed by atoms with Crippen molar-refractivity contribution in [3.63, 3.8) is 0 Å². The molecule has 0 aliphatic heterocycles. The van der Waals surface area contributed by atoms with Crippen molar-refractivity contribution in [2.24, 2.45) is 0 Å². The van der Waals surface area contributed by atoms with Gasteiger partial charge in [-0.3, -0.25) is 0 Å². The molecule has 4 aromatic rings. The van der Waals surface area contributed by atoms with E-state index in [9.17, 15) is 32.3 Å². The number of hydrogen-bond donors (Lipinski definition) is 9. The Morgan fingerprint density at radius 1 is 0.492 bits per heavy atom. The average molecular weight is 850 g/mol. The molecular weight excluding hydrogens is 796 g/mol. The lowest BCUT2D eigenvalue weighted by Crippen LogP contribution is -2.66. The number of benzene rings is 4. The number of carboxylic acids is 1. The molecule has 0 aromatic heterocycles. The second-order valence-electron chi connectivity index (χ2n) is 14.0. The van der Waals surface area contributed by atoms with Crippen LogP contribution in [0.3, 0.4) is 0 Å². The second kappa shape index (κ2) is 26.3. The molecule has 0 spiro atoms. The summed E-state index contributed by atoms with van der Waals surface area (Å²) in [5.41, 5.74) is 8.35. The van der Waals surface area contributed by atoms with E-state index in [4.69, 9.17) is 9.90 Å². The molecule has 0 aliphatic carbocycles. The van der Waals surface area contributed by atoms with Crippen LogP contribution in [0.5, 0.6) is 0 Å². The maximum atomic E-state index is 13.3. The number of carbonyl (C=O) groups is 5. The minimum Gasteiger partial charge on any atom is -0.542 e. The maximum absolute atomic E-state index is 13.3. The van der Waals surface area contributed by atoms with Crippen molar-refractivity contribution in [1.82, 2.24) is 42.5 Å². The fourth-order valence-corrected chi connectivity index (χ4v) is 5.92. The molecule has 61 heavy (non-hydrogen) atoms. The van der Waals surface area contributed by atoms with Gasteiger partial charge in [-0.05, 0) is 41.5 Å². The summed E-state index contributed by atoms with van der Waals surface area (Å²) in [5.74, 6) is -3.01. The van der Waals surface area contributed by atoms with Crippen LogP contribution in [0.15, 0.2) is 121 Å². The number of quaternary nitrogens is 1. The van der Waals surface area contributed by atoms with Crippen molar-refractivity contribution < 1.29 is 48.0 Å². The summed E-state index contributed by atoms with van der Waals surface area (Å²) in [6.45, 7) is 0.914. The molecule has 0 unspecified atom stereocenters. The molecule has 4 rings (SSSR count). The smallest absolute Gasteiger partial charge is 0.430 e. The largest absolute Gasteiger partial charge is 0.542 e. The molecule has 8 amide bonds. The van der Waals surface area contributed by atoms with Gasteiger partial charge in [-0.25, -0.2) is 19.2 Å². The molecule has 0 saturated heterocycles. The zero-order valence-corrected chi connectivity index (χ0v) is 33.8. The summed E-state index contributed by atoms with van der Waals surface area (Å²) >= 11 is 0. The van der Waals surface area contributed by atoms with Crippen LogP contribution in [0, 0.1) is 0 Å². The van der Waals surface area contributed by atoms with Gasteiger partial charge >= 0.3 is 30.3 Å². The number of nitrogens with one attached hydrogen (secondary N) is 8. The first kappa shape index (κ1) is 48.5.